The molecule has 0 aromatic carbocycles. The first-order valence-corrected chi connectivity index (χ1v) is 5.75. The minimum atomic E-state index is -0.892. The van der Waals surface area contributed by atoms with Crippen LogP contribution in [-0.4, -0.2) is 31.3 Å². The first-order chi connectivity index (χ1) is 7.77. The van der Waals surface area contributed by atoms with E-state index in [1.807, 2.05) is 0 Å². The van der Waals surface area contributed by atoms with Gasteiger partial charge in [-0.15, -0.1) is 5.10 Å². The number of rotatable bonds is 3. The molecule has 16 heavy (non-hydrogen) atoms. The van der Waals surface area contributed by atoms with Gasteiger partial charge in [0.05, 0.1) is 0 Å². The summed E-state index contributed by atoms with van der Waals surface area (Å²) < 4.78 is 1.44. The van der Waals surface area contributed by atoms with Gasteiger partial charge >= 0.3 is 5.97 Å². The molecule has 6 nitrogen and oxygen atoms in total. The summed E-state index contributed by atoms with van der Waals surface area (Å²) in [4.78, 5) is 10.7. The Labute approximate surface area is 92.6 Å². The van der Waals surface area contributed by atoms with Crippen molar-refractivity contribution < 1.29 is 9.90 Å². The normalized spacial score (nSPS) is 32.1. The molecule has 2 atom stereocenters. The summed E-state index contributed by atoms with van der Waals surface area (Å²) in [6, 6.07) is 0. The molecule has 0 aliphatic heterocycles. The summed E-state index contributed by atoms with van der Waals surface area (Å²) in [6.45, 7) is -0.127. The van der Waals surface area contributed by atoms with Gasteiger partial charge in [0.15, 0.2) is 5.82 Å². The second kappa shape index (κ2) is 3.54. The largest absolute Gasteiger partial charge is 0.480 e. The van der Waals surface area contributed by atoms with Gasteiger partial charge in [0.2, 0.25) is 0 Å². The van der Waals surface area contributed by atoms with Crippen molar-refractivity contribution in [3.8, 4) is 0 Å². The molecule has 2 aliphatic carbocycles. The molecule has 0 radical (unpaired) electrons. The maximum atomic E-state index is 10.7. The van der Waals surface area contributed by atoms with Crippen LogP contribution < -0.4 is 0 Å². The van der Waals surface area contributed by atoms with E-state index in [1.165, 1.54) is 30.4 Å². The molecule has 1 N–H and O–H groups in total. The Morgan fingerprint density at radius 3 is 2.69 bits per heavy atom. The van der Waals surface area contributed by atoms with Gasteiger partial charge in [-0.1, -0.05) is 12.8 Å². The molecule has 1 aromatic heterocycles. The SMILES string of the molecule is O=C(O)Cn1nnnc1C1C2CCCCC21. The third-order valence-electron chi connectivity index (χ3n) is 3.80. The zero-order chi connectivity index (χ0) is 11.1. The highest BCUT2D eigenvalue weighted by atomic mass is 16.4. The molecule has 0 spiro atoms. The summed E-state index contributed by atoms with van der Waals surface area (Å²) in [5.41, 5.74) is 0. The van der Waals surface area contributed by atoms with E-state index in [-0.39, 0.29) is 6.54 Å². The fraction of sp³-hybridized carbons (Fsp3) is 0.800. The smallest absolute Gasteiger partial charge is 0.325 e. The Balaban J connectivity index is 1.80. The van der Waals surface area contributed by atoms with Crippen LogP contribution in [0.5, 0.6) is 0 Å². The summed E-state index contributed by atoms with van der Waals surface area (Å²) in [5.74, 6) is 1.70. The Hall–Kier alpha value is -1.46. The Morgan fingerprint density at radius 2 is 2.06 bits per heavy atom. The first kappa shape index (κ1) is 9.74. The van der Waals surface area contributed by atoms with Crippen LogP contribution in [0.2, 0.25) is 0 Å². The minimum Gasteiger partial charge on any atom is -0.480 e. The summed E-state index contributed by atoms with van der Waals surface area (Å²) in [6.07, 6.45) is 5.07. The Morgan fingerprint density at radius 1 is 1.38 bits per heavy atom. The minimum absolute atomic E-state index is 0.127. The van der Waals surface area contributed by atoms with Crippen molar-refractivity contribution in [1.82, 2.24) is 20.2 Å². The predicted molar refractivity (Wildman–Crippen MR) is 53.6 cm³/mol. The molecule has 6 heteroatoms. The lowest BCUT2D eigenvalue weighted by atomic mass is 10.0. The molecule has 3 rings (SSSR count). The zero-order valence-corrected chi connectivity index (χ0v) is 8.91. The molecular formula is C10H14N4O2. The van der Waals surface area contributed by atoms with E-state index in [0.29, 0.717) is 17.8 Å². The number of hydrogen-bond donors (Lipinski definition) is 1. The van der Waals surface area contributed by atoms with Gasteiger partial charge in [-0.25, -0.2) is 4.68 Å². The zero-order valence-electron chi connectivity index (χ0n) is 8.91. The number of nitrogens with zero attached hydrogens (tertiary/aromatic N) is 4. The lowest BCUT2D eigenvalue weighted by Crippen LogP contribution is -2.13. The average Bonchev–Trinajstić information content (AvgIpc) is 2.82. The molecule has 0 amide bonds. The van der Waals surface area contributed by atoms with Crippen LogP contribution in [0.25, 0.3) is 0 Å². The molecule has 1 aromatic rings. The van der Waals surface area contributed by atoms with Crippen molar-refractivity contribution in [2.45, 2.75) is 38.1 Å². The van der Waals surface area contributed by atoms with Crippen LogP contribution >= 0.6 is 0 Å². The Kier molecular flexibility index (Phi) is 2.15. The quantitative estimate of drug-likeness (QED) is 0.812. The molecule has 0 saturated heterocycles. The second-order valence-corrected chi connectivity index (χ2v) is 4.73. The highest BCUT2D eigenvalue weighted by molar-refractivity contribution is 5.66. The highest BCUT2D eigenvalue weighted by Gasteiger charge is 2.53. The number of aromatic nitrogens is 4. The molecule has 2 aliphatic rings. The molecule has 0 bridgehead atoms. The van der Waals surface area contributed by atoms with Crippen LogP contribution in [0.15, 0.2) is 0 Å². The van der Waals surface area contributed by atoms with Crippen LogP contribution in [0.1, 0.15) is 37.4 Å². The van der Waals surface area contributed by atoms with Gasteiger partial charge in [0.25, 0.3) is 0 Å². The van der Waals surface area contributed by atoms with E-state index in [0.717, 1.165) is 5.82 Å². The van der Waals surface area contributed by atoms with Crippen molar-refractivity contribution in [3.63, 3.8) is 0 Å². The van der Waals surface area contributed by atoms with Gasteiger partial charge in [-0.3, -0.25) is 4.79 Å². The van der Waals surface area contributed by atoms with Crippen molar-refractivity contribution in [2.24, 2.45) is 11.8 Å². The topological polar surface area (TPSA) is 80.9 Å². The Bertz CT molecular complexity index is 405. The van der Waals surface area contributed by atoms with Crippen molar-refractivity contribution in [2.75, 3.05) is 0 Å². The van der Waals surface area contributed by atoms with Gasteiger partial charge in [-0.05, 0) is 35.1 Å². The first-order valence-electron chi connectivity index (χ1n) is 5.75. The lowest BCUT2D eigenvalue weighted by molar-refractivity contribution is -0.138. The summed E-state index contributed by atoms with van der Waals surface area (Å²) >= 11 is 0. The number of carbonyl (C=O) groups is 1. The van der Waals surface area contributed by atoms with Crippen LogP contribution in [0.4, 0.5) is 0 Å². The number of fused-ring (bicyclic) bond motifs is 1. The molecule has 2 saturated carbocycles. The number of carboxylic acids is 1. The molecule has 2 fully saturated rings. The van der Waals surface area contributed by atoms with E-state index >= 15 is 0 Å². The van der Waals surface area contributed by atoms with E-state index in [1.54, 1.807) is 0 Å². The van der Waals surface area contributed by atoms with E-state index < -0.39 is 5.97 Å². The number of aliphatic carboxylic acids is 1. The highest BCUT2D eigenvalue weighted by Crippen LogP contribution is 2.60. The number of tetrazole rings is 1. The number of hydrogen-bond acceptors (Lipinski definition) is 4. The molecule has 1 heterocycles. The summed E-state index contributed by atoms with van der Waals surface area (Å²) in [7, 11) is 0. The van der Waals surface area contributed by atoms with Gasteiger partial charge in [0.1, 0.15) is 6.54 Å². The number of carboxylic acid groups (broad SMARTS) is 1. The lowest BCUT2D eigenvalue weighted by Gasteiger charge is -2.04. The van der Waals surface area contributed by atoms with Gasteiger partial charge in [-0.2, -0.15) is 0 Å². The standard InChI is InChI=1S/C10H14N4O2/c15-8(16)5-14-10(11-12-13-14)9-6-3-1-2-4-7(6)9/h6-7,9H,1-5H2,(H,15,16). The maximum Gasteiger partial charge on any atom is 0.325 e. The van der Waals surface area contributed by atoms with Crippen molar-refractivity contribution >= 4 is 5.97 Å². The fourth-order valence-electron chi connectivity index (χ4n) is 3.07. The molecule has 86 valence electrons. The maximum absolute atomic E-state index is 10.7. The third-order valence-corrected chi connectivity index (χ3v) is 3.80. The average molecular weight is 222 g/mol. The monoisotopic (exact) mass is 222 g/mol. The second-order valence-electron chi connectivity index (χ2n) is 4.73. The van der Waals surface area contributed by atoms with Crippen molar-refractivity contribution in [1.29, 1.82) is 0 Å². The van der Waals surface area contributed by atoms with Crippen LogP contribution in [-0.2, 0) is 11.3 Å². The predicted octanol–water partition coefficient (Wildman–Crippen LogP) is 0.661. The third kappa shape index (κ3) is 1.48. The van der Waals surface area contributed by atoms with Crippen molar-refractivity contribution in [3.05, 3.63) is 5.82 Å². The fourth-order valence-corrected chi connectivity index (χ4v) is 3.07. The van der Waals surface area contributed by atoms with Crippen LogP contribution in [0.3, 0.4) is 0 Å². The van der Waals surface area contributed by atoms with E-state index in [2.05, 4.69) is 15.5 Å². The van der Waals surface area contributed by atoms with E-state index in [4.69, 9.17) is 5.11 Å². The molecule has 2 unspecified atom stereocenters. The summed E-state index contributed by atoms with van der Waals surface area (Å²) in [5, 5.41) is 20.1. The van der Waals surface area contributed by atoms with Gasteiger partial charge < -0.3 is 5.11 Å². The molecular weight excluding hydrogens is 208 g/mol. The van der Waals surface area contributed by atoms with Crippen LogP contribution in [0, 0.1) is 11.8 Å². The van der Waals surface area contributed by atoms with Gasteiger partial charge in [0, 0.05) is 5.92 Å². The van der Waals surface area contributed by atoms with E-state index in [9.17, 15) is 4.79 Å².